The number of ketones is 2. The lowest BCUT2D eigenvalue weighted by Gasteiger charge is -2.08. The lowest BCUT2D eigenvalue weighted by atomic mass is 10.1. The van der Waals surface area contributed by atoms with Crippen LogP contribution in [0.3, 0.4) is 0 Å². The van der Waals surface area contributed by atoms with Gasteiger partial charge in [-0.15, -0.1) is 0 Å². The van der Waals surface area contributed by atoms with E-state index in [-0.39, 0.29) is 11.6 Å². The summed E-state index contributed by atoms with van der Waals surface area (Å²) in [5, 5.41) is 0. The largest absolute Gasteiger partial charge is 0.290 e. The molecule has 0 unspecified atom stereocenters. The lowest BCUT2D eigenvalue weighted by molar-refractivity contribution is -0.115. The van der Waals surface area contributed by atoms with Crippen LogP contribution in [0.5, 0.6) is 0 Å². The second-order valence-corrected chi connectivity index (χ2v) is 3.29. The number of hydrogen-bond donors (Lipinski definition) is 0. The number of carbonyl (C=O) groups is 2. The van der Waals surface area contributed by atoms with Crippen LogP contribution in [0.25, 0.3) is 0 Å². The van der Waals surface area contributed by atoms with Crippen molar-refractivity contribution in [3.63, 3.8) is 0 Å². The monoisotopic (exact) mass is 215 g/mol. The molecule has 0 aromatic heterocycles. The molecule has 0 radical (unpaired) electrons. The summed E-state index contributed by atoms with van der Waals surface area (Å²) in [6.45, 7) is 3.31. The topological polar surface area (TPSA) is 34.1 Å². The van der Waals surface area contributed by atoms with E-state index >= 15 is 0 Å². The minimum absolute atomic E-state index is 0.0889. The summed E-state index contributed by atoms with van der Waals surface area (Å²) in [4.78, 5) is 22.2. The molecule has 0 atom stereocenters. The molecule has 0 aromatic carbocycles. The minimum Gasteiger partial charge on any atom is -0.290 e. The fourth-order valence-electron chi connectivity index (χ4n) is 0.823. The first-order chi connectivity index (χ1) is 5.04. The molecular weight excluding hydrogens is 209 g/mol. The van der Waals surface area contributed by atoms with Crippen LogP contribution < -0.4 is 0 Å². The minimum atomic E-state index is -0.0953. The van der Waals surface area contributed by atoms with Crippen molar-refractivity contribution in [3.05, 3.63) is 21.7 Å². The highest BCUT2D eigenvalue weighted by Crippen LogP contribution is 2.21. The second-order valence-electron chi connectivity index (χ2n) is 2.44. The van der Waals surface area contributed by atoms with Gasteiger partial charge in [0, 0.05) is 17.2 Å². The summed E-state index contributed by atoms with van der Waals surface area (Å²) in [7, 11) is 0. The summed E-state index contributed by atoms with van der Waals surface area (Å²) in [5.74, 6) is -0.184. The number of rotatable bonds is 0. The van der Waals surface area contributed by atoms with Gasteiger partial charge in [-0.2, -0.15) is 0 Å². The highest BCUT2D eigenvalue weighted by molar-refractivity contribution is 9.12. The lowest BCUT2D eigenvalue weighted by Crippen LogP contribution is -2.13. The summed E-state index contributed by atoms with van der Waals surface area (Å²) in [6.07, 6.45) is 1.31. The average molecular weight is 216 g/mol. The molecule has 0 bridgehead atoms. The van der Waals surface area contributed by atoms with Crippen molar-refractivity contribution in [3.8, 4) is 0 Å². The highest BCUT2D eigenvalue weighted by atomic mass is 79.9. The third kappa shape index (κ3) is 1.33. The van der Waals surface area contributed by atoms with E-state index in [0.717, 1.165) is 0 Å². The van der Waals surface area contributed by atoms with E-state index in [1.165, 1.54) is 6.08 Å². The van der Waals surface area contributed by atoms with Gasteiger partial charge in [-0.25, -0.2) is 0 Å². The molecule has 0 saturated heterocycles. The zero-order valence-electron chi connectivity index (χ0n) is 6.27. The molecular formula is C8H7BrO2. The molecule has 3 heteroatoms. The molecule has 0 amide bonds. The van der Waals surface area contributed by atoms with Crippen LogP contribution in [-0.2, 0) is 9.59 Å². The second kappa shape index (κ2) is 2.74. The van der Waals surface area contributed by atoms with E-state index in [0.29, 0.717) is 15.6 Å². The molecule has 0 N–H and O–H groups in total. The fourth-order valence-corrected chi connectivity index (χ4v) is 1.33. The predicted octanol–water partition coefficient (Wildman–Crippen LogP) is 1.75. The van der Waals surface area contributed by atoms with E-state index in [1.807, 2.05) is 0 Å². The van der Waals surface area contributed by atoms with Gasteiger partial charge in [0.25, 0.3) is 0 Å². The molecule has 0 saturated carbocycles. The number of hydrogen-bond acceptors (Lipinski definition) is 2. The standard InChI is InChI=1S/C8H7BrO2/c1-4-5(2)8(11)6(9)3-7(4)10/h3H,1-2H3/i7+1. The summed E-state index contributed by atoms with van der Waals surface area (Å²) in [6, 6.07) is 0. The molecule has 1 rings (SSSR count). The van der Waals surface area contributed by atoms with E-state index in [9.17, 15) is 9.59 Å². The van der Waals surface area contributed by atoms with Gasteiger partial charge in [-0.3, -0.25) is 9.59 Å². The molecule has 1 aliphatic rings. The van der Waals surface area contributed by atoms with Gasteiger partial charge in [-0.05, 0) is 29.8 Å². The van der Waals surface area contributed by atoms with Crippen molar-refractivity contribution in [1.29, 1.82) is 0 Å². The van der Waals surface area contributed by atoms with Crippen molar-refractivity contribution < 1.29 is 9.59 Å². The Balaban J connectivity index is 3.19. The Labute approximate surface area is 73.1 Å². The Morgan fingerprint density at radius 1 is 1.18 bits per heavy atom. The Kier molecular flexibility index (Phi) is 2.09. The third-order valence-corrected chi connectivity index (χ3v) is 2.34. The smallest absolute Gasteiger partial charge is 0.196 e. The van der Waals surface area contributed by atoms with Crippen molar-refractivity contribution in [2.45, 2.75) is 13.8 Å². The first-order valence-corrected chi connectivity index (χ1v) is 3.97. The van der Waals surface area contributed by atoms with E-state index in [1.54, 1.807) is 13.8 Å². The van der Waals surface area contributed by atoms with E-state index < -0.39 is 0 Å². The summed E-state index contributed by atoms with van der Waals surface area (Å²) >= 11 is 3.02. The first-order valence-electron chi connectivity index (χ1n) is 3.17. The molecule has 0 spiro atoms. The molecule has 0 aromatic rings. The highest BCUT2D eigenvalue weighted by Gasteiger charge is 2.20. The molecule has 1 aliphatic carbocycles. The Morgan fingerprint density at radius 3 is 2.27 bits per heavy atom. The summed E-state index contributed by atoms with van der Waals surface area (Å²) < 4.78 is 0.352. The van der Waals surface area contributed by atoms with Crippen LogP contribution in [0, 0.1) is 0 Å². The zero-order chi connectivity index (χ0) is 8.59. The SMILES string of the molecule is CC1=C(C)[13C](=O)C=C(Br)C1=O. The molecule has 0 aliphatic heterocycles. The molecule has 0 fully saturated rings. The maximum Gasteiger partial charge on any atom is 0.196 e. The number of Topliss-reactive ketones (excluding diaryl/α,β-unsaturated/α-hetero) is 1. The number of carbonyl (C=O) groups excluding carboxylic acids is 2. The van der Waals surface area contributed by atoms with Crippen LogP contribution in [-0.4, -0.2) is 11.6 Å². The zero-order valence-corrected chi connectivity index (χ0v) is 7.86. The van der Waals surface area contributed by atoms with Gasteiger partial charge in [0.15, 0.2) is 11.6 Å². The maximum atomic E-state index is 11.2. The van der Waals surface area contributed by atoms with Crippen molar-refractivity contribution >= 4 is 27.5 Å². The first kappa shape index (κ1) is 8.40. The van der Waals surface area contributed by atoms with Crippen LogP contribution in [0.1, 0.15) is 13.8 Å². The van der Waals surface area contributed by atoms with Crippen LogP contribution in [0.2, 0.25) is 0 Å². The van der Waals surface area contributed by atoms with Gasteiger partial charge < -0.3 is 0 Å². The molecule has 11 heavy (non-hydrogen) atoms. The average Bonchev–Trinajstić information content (AvgIpc) is 1.97. The van der Waals surface area contributed by atoms with Gasteiger partial charge in [0.1, 0.15) is 0 Å². The quantitative estimate of drug-likeness (QED) is 0.456. The third-order valence-electron chi connectivity index (χ3n) is 1.75. The molecule has 58 valence electrons. The van der Waals surface area contributed by atoms with Crippen molar-refractivity contribution in [1.82, 2.24) is 0 Å². The van der Waals surface area contributed by atoms with Gasteiger partial charge in [0.05, 0.1) is 4.48 Å². The van der Waals surface area contributed by atoms with Crippen molar-refractivity contribution in [2.24, 2.45) is 0 Å². The van der Waals surface area contributed by atoms with Gasteiger partial charge in [-0.1, -0.05) is 0 Å². The fraction of sp³-hybridized carbons (Fsp3) is 0.250. The van der Waals surface area contributed by atoms with Crippen LogP contribution >= 0.6 is 15.9 Å². The Hall–Kier alpha value is -0.700. The predicted molar refractivity (Wildman–Crippen MR) is 45.4 cm³/mol. The van der Waals surface area contributed by atoms with Crippen LogP contribution in [0.15, 0.2) is 21.7 Å². The normalized spacial score (nSPS) is 19.0. The Bertz CT molecular complexity index is 297. The molecule has 2 nitrogen and oxygen atoms in total. The van der Waals surface area contributed by atoms with E-state index in [4.69, 9.17) is 0 Å². The van der Waals surface area contributed by atoms with E-state index in [2.05, 4.69) is 15.9 Å². The van der Waals surface area contributed by atoms with Crippen LogP contribution in [0.4, 0.5) is 0 Å². The van der Waals surface area contributed by atoms with Gasteiger partial charge in [0.2, 0.25) is 0 Å². The number of allylic oxidation sites excluding steroid dienone is 4. The maximum absolute atomic E-state index is 11.2. The Morgan fingerprint density at radius 2 is 1.73 bits per heavy atom. The number of halogens is 1. The summed E-state index contributed by atoms with van der Waals surface area (Å²) in [5.41, 5.74) is 1.07. The van der Waals surface area contributed by atoms with Gasteiger partial charge >= 0.3 is 0 Å². The van der Waals surface area contributed by atoms with Crippen molar-refractivity contribution in [2.75, 3.05) is 0 Å². The molecule has 0 heterocycles.